The lowest BCUT2D eigenvalue weighted by Gasteiger charge is -2.09. The molecule has 0 aliphatic carbocycles. The summed E-state index contributed by atoms with van der Waals surface area (Å²) in [6.45, 7) is 2.34. The van der Waals surface area contributed by atoms with Crippen LogP contribution in [0.4, 0.5) is 0 Å². The number of amides is 1. The molecule has 1 unspecified atom stereocenters. The highest BCUT2D eigenvalue weighted by molar-refractivity contribution is 5.74. The van der Waals surface area contributed by atoms with Gasteiger partial charge in [-0.15, -0.1) is 0 Å². The van der Waals surface area contributed by atoms with Crippen LogP contribution in [0.15, 0.2) is 0 Å². The Morgan fingerprint density at radius 2 is 2.31 bits per heavy atom. The number of carbonyl (C=O) groups is 1. The zero-order valence-corrected chi connectivity index (χ0v) is 9.74. The standard InChI is InChI=1S/C11H22N2O3/c12-13-11(14)6-2-1-3-7-15-9-10-5-4-8-16-10/h10H,1-9,12H2,(H,13,14). The van der Waals surface area contributed by atoms with E-state index in [1.807, 2.05) is 0 Å². The topological polar surface area (TPSA) is 73.6 Å². The number of hydrazine groups is 1. The van der Waals surface area contributed by atoms with Gasteiger partial charge >= 0.3 is 0 Å². The number of ether oxygens (including phenoxy) is 2. The SMILES string of the molecule is NNC(=O)CCCCCOCC1CCCO1. The molecular weight excluding hydrogens is 208 g/mol. The molecular formula is C11H22N2O3. The van der Waals surface area contributed by atoms with E-state index in [1.54, 1.807) is 0 Å². The minimum Gasteiger partial charge on any atom is -0.379 e. The maximum atomic E-state index is 10.8. The molecule has 5 heteroatoms. The van der Waals surface area contributed by atoms with Gasteiger partial charge in [0, 0.05) is 19.6 Å². The van der Waals surface area contributed by atoms with Gasteiger partial charge in [-0.25, -0.2) is 5.84 Å². The van der Waals surface area contributed by atoms with E-state index >= 15 is 0 Å². The van der Waals surface area contributed by atoms with E-state index in [9.17, 15) is 4.79 Å². The second-order valence-corrected chi connectivity index (χ2v) is 4.09. The van der Waals surface area contributed by atoms with Gasteiger partial charge in [-0.1, -0.05) is 6.42 Å². The number of nitrogens with one attached hydrogen (secondary N) is 1. The third-order valence-corrected chi connectivity index (χ3v) is 2.68. The molecule has 0 radical (unpaired) electrons. The first kappa shape index (κ1) is 13.4. The van der Waals surface area contributed by atoms with Crippen molar-refractivity contribution in [2.75, 3.05) is 19.8 Å². The predicted molar refractivity (Wildman–Crippen MR) is 60.6 cm³/mol. The van der Waals surface area contributed by atoms with Crippen LogP contribution in [-0.4, -0.2) is 31.8 Å². The first-order valence-electron chi connectivity index (χ1n) is 6.01. The summed E-state index contributed by atoms with van der Waals surface area (Å²) >= 11 is 0. The second kappa shape index (κ2) is 8.50. The molecule has 1 amide bonds. The molecule has 1 rings (SSSR count). The quantitative estimate of drug-likeness (QED) is 0.279. The zero-order chi connectivity index (χ0) is 11.6. The van der Waals surface area contributed by atoms with Gasteiger partial charge in [0.2, 0.25) is 5.91 Å². The van der Waals surface area contributed by atoms with Crippen LogP contribution in [0.3, 0.4) is 0 Å². The van der Waals surface area contributed by atoms with Gasteiger partial charge in [0.1, 0.15) is 0 Å². The van der Waals surface area contributed by atoms with Crippen LogP contribution in [0, 0.1) is 0 Å². The zero-order valence-electron chi connectivity index (χ0n) is 9.74. The van der Waals surface area contributed by atoms with Gasteiger partial charge in [0.25, 0.3) is 0 Å². The molecule has 3 N–H and O–H groups in total. The summed E-state index contributed by atoms with van der Waals surface area (Å²) in [5, 5.41) is 0. The summed E-state index contributed by atoms with van der Waals surface area (Å²) in [6.07, 6.45) is 5.94. The van der Waals surface area contributed by atoms with Crippen LogP contribution in [0.5, 0.6) is 0 Å². The van der Waals surface area contributed by atoms with E-state index in [-0.39, 0.29) is 5.91 Å². The number of hydrogen-bond acceptors (Lipinski definition) is 4. The minimum absolute atomic E-state index is 0.0970. The average Bonchev–Trinajstić information content (AvgIpc) is 2.80. The van der Waals surface area contributed by atoms with Crippen molar-refractivity contribution in [2.24, 2.45) is 5.84 Å². The van der Waals surface area contributed by atoms with Crippen LogP contribution in [0.25, 0.3) is 0 Å². The molecule has 1 aliphatic heterocycles. The minimum atomic E-state index is -0.0970. The number of unbranched alkanes of at least 4 members (excludes halogenated alkanes) is 2. The van der Waals surface area contributed by atoms with Gasteiger partial charge in [-0.05, 0) is 25.7 Å². The maximum Gasteiger partial charge on any atom is 0.233 e. The smallest absolute Gasteiger partial charge is 0.233 e. The molecule has 1 atom stereocenters. The molecule has 1 saturated heterocycles. The van der Waals surface area contributed by atoms with Crippen LogP contribution in [0.2, 0.25) is 0 Å². The monoisotopic (exact) mass is 230 g/mol. The van der Waals surface area contributed by atoms with Gasteiger partial charge in [0.15, 0.2) is 0 Å². The van der Waals surface area contributed by atoms with Crippen molar-refractivity contribution in [2.45, 2.75) is 44.6 Å². The van der Waals surface area contributed by atoms with Crippen molar-refractivity contribution < 1.29 is 14.3 Å². The Labute approximate surface area is 96.6 Å². The van der Waals surface area contributed by atoms with Gasteiger partial charge in [-0.3, -0.25) is 10.2 Å². The molecule has 0 spiro atoms. The van der Waals surface area contributed by atoms with E-state index in [4.69, 9.17) is 15.3 Å². The highest BCUT2D eigenvalue weighted by Gasteiger charge is 2.14. The van der Waals surface area contributed by atoms with Crippen LogP contribution in [0.1, 0.15) is 38.5 Å². The molecule has 0 bridgehead atoms. The van der Waals surface area contributed by atoms with E-state index in [0.717, 1.165) is 45.3 Å². The summed E-state index contributed by atoms with van der Waals surface area (Å²) in [5.74, 6) is 4.87. The summed E-state index contributed by atoms with van der Waals surface area (Å²) in [6, 6.07) is 0. The fourth-order valence-corrected chi connectivity index (χ4v) is 1.73. The molecule has 1 aliphatic rings. The second-order valence-electron chi connectivity index (χ2n) is 4.09. The Kier molecular flexibility index (Phi) is 7.12. The molecule has 1 heterocycles. The van der Waals surface area contributed by atoms with Crippen molar-refractivity contribution >= 4 is 5.91 Å². The molecule has 16 heavy (non-hydrogen) atoms. The number of carbonyl (C=O) groups excluding carboxylic acids is 1. The summed E-state index contributed by atoms with van der Waals surface area (Å²) in [7, 11) is 0. The van der Waals surface area contributed by atoms with E-state index in [2.05, 4.69) is 5.43 Å². The van der Waals surface area contributed by atoms with Crippen molar-refractivity contribution in [3.63, 3.8) is 0 Å². The fraction of sp³-hybridized carbons (Fsp3) is 0.909. The first-order valence-corrected chi connectivity index (χ1v) is 6.01. The van der Waals surface area contributed by atoms with Crippen molar-refractivity contribution in [3.05, 3.63) is 0 Å². The highest BCUT2D eigenvalue weighted by Crippen LogP contribution is 2.12. The third kappa shape index (κ3) is 6.05. The highest BCUT2D eigenvalue weighted by atomic mass is 16.5. The Morgan fingerprint density at radius 1 is 1.44 bits per heavy atom. The molecule has 1 fully saturated rings. The van der Waals surface area contributed by atoms with Crippen molar-refractivity contribution in [1.82, 2.24) is 5.43 Å². The molecule has 0 aromatic rings. The summed E-state index contributed by atoms with van der Waals surface area (Å²) in [5.41, 5.74) is 2.12. The number of nitrogens with two attached hydrogens (primary N) is 1. The van der Waals surface area contributed by atoms with Crippen molar-refractivity contribution in [3.8, 4) is 0 Å². The predicted octanol–water partition coefficient (Wildman–Crippen LogP) is 0.732. The van der Waals surface area contributed by atoms with Crippen molar-refractivity contribution in [1.29, 1.82) is 0 Å². The van der Waals surface area contributed by atoms with E-state index in [0.29, 0.717) is 19.1 Å². The normalized spacial score (nSPS) is 19.9. The Balaban J connectivity index is 1.79. The van der Waals surface area contributed by atoms with Crippen LogP contribution < -0.4 is 11.3 Å². The molecule has 94 valence electrons. The third-order valence-electron chi connectivity index (χ3n) is 2.68. The molecule has 0 aromatic carbocycles. The lowest BCUT2D eigenvalue weighted by atomic mass is 10.2. The summed E-state index contributed by atoms with van der Waals surface area (Å²) in [4.78, 5) is 10.8. The largest absolute Gasteiger partial charge is 0.379 e. The molecule has 5 nitrogen and oxygen atoms in total. The summed E-state index contributed by atoms with van der Waals surface area (Å²) < 4.78 is 10.9. The lowest BCUT2D eigenvalue weighted by molar-refractivity contribution is -0.121. The lowest BCUT2D eigenvalue weighted by Crippen LogP contribution is -2.29. The fourth-order valence-electron chi connectivity index (χ4n) is 1.73. The van der Waals surface area contributed by atoms with E-state index < -0.39 is 0 Å². The Hall–Kier alpha value is -0.650. The average molecular weight is 230 g/mol. The van der Waals surface area contributed by atoms with Crippen LogP contribution >= 0.6 is 0 Å². The number of hydrogen-bond donors (Lipinski definition) is 2. The van der Waals surface area contributed by atoms with E-state index in [1.165, 1.54) is 0 Å². The van der Waals surface area contributed by atoms with Gasteiger partial charge < -0.3 is 9.47 Å². The first-order chi connectivity index (χ1) is 7.83. The van der Waals surface area contributed by atoms with Gasteiger partial charge in [0.05, 0.1) is 12.7 Å². The Morgan fingerprint density at radius 3 is 3.00 bits per heavy atom. The maximum absolute atomic E-state index is 10.8. The molecule has 0 aromatic heterocycles. The van der Waals surface area contributed by atoms with Crippen LogP contribution in [-0.2, 0) is 14.3 Å². The molecule has 0 saturated carbocycles. The number of rotatable bonds is 8. The Bertz CT molecular complexity index is 194. The van der Waals surface area contributed by atoms with Gasteiger partial charge in [-0.2, -0.15) is 0 Å².